The maximum absolute atomic E-state index is 11.9. The molecule has 3 nitrogen and oxygen atoms in total. The lowest BCUT2D eigenvalue weighted by atomic mass is 10.1. The van der Waals surface area contributed by atoms with Crippen molar-refractivity contribution < 1.29 is 4.79 Å². The summed E-state index contributed by atoms with van der Waals surface area (Å²) in [5.74, 6) is 0.189. The molecular weight excluding hydrogens is 316 g/mol. The van der Waals surface area contributed by atoms with Crippen LogP contribution in [-0.2, 0) is 11.2 Å². The lowest BCUT2D eigenvalue weighted by Gasteiger charge is -2.16. The number of hydrogen-bond donors (Lipinski definition) is 0. The maximum atomic E-state index is 11.9. The van der Waals surface area contributed by atoms with Gasteiger partial charge in [0.1, 0.15) is 0 Å². The molecule has 1 aromatic carbocycles. The van der Waals surface area contributed by atoms with E-state index >= 15 is 0 Å². The van der Waals surface area contributed by atoms with Crippen LogP contribution in [0.3, 0.4) is 0 Å². The van der Waals surface area contributed by atoms with Crippen LogP contribution in [-0.4, -0.2) is 22.3 Å². The second-order valence-electron chi connectivity index (χ2n) is 5.00. The van der Waals surface area contributed by atoms with E-state index in [1.807, 2.05) is 41.6 Å². The van der Waals surface area contributed by atoms with Crippen molar-refractivity contribution in [3.8, 4) is 0 Å². The number of hydrogen-bond acceptors (Lipinski definition) is 2. The number of amides is 1. The number of alkyl halides is 1. The highest BCUT2D eigenvalue weighted by Crippen LogP contribution is 2.25. The molecule has 1 fully saturated rings. The summed E-state index contributed by atoms with van der Waals surface area (Å²) < 4.78 is 0. The van der Waals surface area contributed by atoms with E-state index in [-0.39, 0.29) is 10.7 Å². The summed E-state index contributed by atoms with van der Waals surface area (Å²) >= 11 is 3.51. The number of carbonyl (C=O) groups excluding carboxylic acids is 1. The van der Waals surface area contributed by atoms with E-state index in [1.165, 1.54) is 11.1 Å². The van der Waals surface area contributed by atoms with Crippen molar-refractivity contribution in [1.82, 2.24) is 4.98 Å². The van der Waals surface area contributed by atoms with Gasteiger partial charge < -0.3 is 4.90 Å². The van der Waals surface area contributed by atoms with Crippen LogP contribution in [0.5, 0.6) is 0 Å². The molecule has 1 amide bonds. The molecule has 0 aliphatic carbocycles. The highest BCUT2D eigenvalue weighted by Gasteiger charge is 2.28. The first-order valence-corrected chi connectivity index (χ1v) is 7.56. The zero-order chi connectivity index (χ0) is 13.9. The van der Waals surface area contributed by atoms with Gasteiger partial charge in [0, 0.05) is 35.9 Å². The largest absolute Gasteiger partial charge is 0.311 e. The van der Waals surface area contributed by atoms with Crippen molar-refractivity contribution in [2.24, 2.45) is 0 Å². The van der Waals surface area contributed by atoms with Crippen LogP contribution in [0.25, 0.3) is 0 Å². The monoisotopic (exact) mass is 330 g/mol. The molecule has 1 unspecified atom stereocenters. The Morgan fingerprint density at radius 2 is 1.75 bits per heavy atom. The number of carbonyl (C=O) groups is 1. The summed E-state index contributed by atoms with van der Waals surface area (Å²) in [6.07, 6.45) is 5.09. The second-order valence-corrected chi connectivity index (χ2v) is 6.30. The average molecular weight is 331 g/mol. The fourth-order valence-electron chi connectivity index (χ4n) is 2.44. The van der Waals surface area contributed by atoms with Gasteiger partial charge in [-0.3, -0.25) is 9.78 Å². The molecule has 0 saturated carbocycles. The predicted octanol–water partition coefficient (Wildman–Crippen LogP) is 3.17. The van der Waals surface area contributed by atoms with Gasteiger partial charge in [0.2, 0.25) is 5.91 Å². The average Bonchev–Trinajstić information content (AvgIpc) is 2.80. The third kappa shape index (κ3) is 2.90. The van der Waals surface area contributed by atoms with Crippen LogP contribution in [0.2, 0.25) is 0 Å². The Kier molecular flexibility index (Phi) is 3.83. The van der Waals surface area contributed by atoms with Crippen LogP contribution in [0, 0.1) is 0 Å². The molecular formula is C16H15BrN2O. The molecule has 4 heteroatoms. The minimum atomic E-state index is 0.189. The lowest BCUT2D eigenvalue weighted by molar-refractivity contribution is -0.117. The first kappa shape index (κ1) is 13.3. The molecule has 1 aromatic heterocycles. The minimum absolute atomic E-state index is 0.189. The summed E-state index contributed by atoms with van der Waals surface area (Å²) in [6.45, 7) is 0.753. The number of rotatable bonds is 3. The number of nitrogens with zero attached hydrogens (tertiary/aromatic N) is 2. The molecule has 102 valence electrons. The van der Waals surface area contributed by atoms with E-state index in [4.69, 9.17) is 0 Å². The lowest BCUT2D eigenvalue weighted by Crippen LogP contribution is -2.24. The van der Waals surface area contributed by atoms with Gasteiger partial charge >= 0.3 is 0 Å². The zero-order valence-electron chi connectivity index (χ0n) is 11.0. The Bertz CT molecular complexity index is 598. The van der Waals surface area contributed by atoms with Gasteiger partial charge in [-0.05, 0) is 41.8 Å². The molecule has 2 heterocycles. The highest BCUT2D eigenvalue weighted by atomic mass is 79.9. The molecule has 0 radical (unpaired) electrons. The Morgan fingerprint density at radius 3 is 2.35 bits per heavy atom. The number of aromatic nitrogens is 1. The van der Waals surface area contributed by atoms with E-state index in [0.29, 0.717) is 6.42 Å². The third-order valence-corrected chi connectivity index (χ3v) is 4.10. The molecule has 2 aromatic rings. The molecule has 1 atom stereocenters. The van der Waals surface area contributed by atoms with Crippen LogP contribution in [0.15, 0.2) is 48.8 Å². The first-order chi connectivity index (χ1) is 9.72. The fraction of sp³-hybridized carbons (Fsp3) is 0.250. The summed E-state index contributed by atoms with van der Waals surface area (Å²) in [4.78, 5) is 18.0. The molecule has 0 N–H and O–H groups in total. The minimum Gasteiger partial charge on any atom is -0.311 e. The van der Waals surface area contributed by atoms with Crippen molar-refractivity contribution in [3.63, 3.8) is 0 Å². The molecule has 1 aliphatic heterocycles. The SMILES string of the molecule is O=C1CC(Br)CN1c1ccc(Cc2ccncc2)cc1. The Hall–Kier alpha value is -1.68. The van der Waals surface area contributed by atoms with Crippen LogP contribution in [0.1, 0.15) is 17.5 Å². The maximum Gasteiger partial charge on any atom is 0.228 e. The normalized spacial score (nSPS) is 18.6. The van der Waals surface area contributed by atoms with Crippen molar-refractivity contribution in [2.45, 2.75) is 17.7 Å². The standard InChI is InChI=1S/C16H15BrN2O/c17-14-10-16(20)19(11-14)15-3-1-12(2-4-15)9-13-5-7-18-8-6-13/h1-8,14H,9-11H2. The van der Waals surface area contributed by atoms with Crippen LogP contribution >= 0.6 is 15.9 Å². The van der Waals surface area contributed by atoms with Crippen molar-refractivity contribution in [1.29, 1.82) is 0 Å². The van der Waals surface area contributed by atoms with Crippen molar-refractivity contribution in [3.05, 3.63) is 59.9 Å². The van der Waals surface area contributed by atoms with E-state index in [9.17, 15) is 4.79 Å². The Balaban J connectivity index is 1.73. The Morgan fingerprint density at radius 1 is 1.10 bits per heavy atom. The molecule has 0 bridgehead atoms. The number of pyridine rings is 1. The van der Waals surface area contributed by atoms with Crippen molar-refractivity contribution in [2.75, 3.05) is 11.4 Å². The van der Waals surface area contributed by atoms with E-state index in [2.05, 4.69) is 33.0 Å². The Labute approximate surface area is 126 Å². The second kappa shape index (κ2) is 5.75. The zero-order valence-corrected chi connectivity index (χ0v) is 12.6. The van der Waals surface area contributed by atoms with E-state index < -0.39 is 0 Å². The number of halogens is 1. The molecule has 1 aliphatic rings. The predicted molar refractivity (Wildman–Crippen MR) is 83.2 cm³/mol. The van der Waals surface area contributed by atoms with Gasteiger partial charge in [0.15, 0.2) is 0 Å². The number of benzene rings is 1. The molecule has 1 saturated heterocycles. The van der Waals surface area contributed by atoms with Gasteiger partial charge in [-0.1, -0.05) is 28.1 Å². The van der Waals surface area contributed by atoms with Crippen LogP contribution < -0.4 is 4.90 Å². The van der Waals surface area contributed by atoms with Gasteiger partial charge in [0.05, 0.1) is 0 Å². The highest BCUT2D eigenvalue weighted by molar-refractivity contribution is 9.09. The summed E-state index contributed by atoms with van der Waals surface area (Å²) in [7, 11) is 0. The summed E-state index contributed by atoms with van der Waals surface area (Å²) in [5.41, 5.74) is 3.46. The quantitative estimate of drug-likeness (QED) is 0.810. The first-order valence-electron chi connectivity index (χ1n) is 6.64. The smallest absolute Gasteiger partial charge is 0.228 e. The van der Waals surface area contributed by atoms with Crippen LogP contribution in [0.4, 0.5) is 5.69 Å². The van der Waals surface area contributed by atoms with Gasteiger partial charge in [-0.15, -0.1) is 0 Å². The third-order valence-electron chi connectivity index (χ3n) is 3.48. The van der Waals surface area contributed by atoms with Gasteiger partial charge in [-0.25, -0.2) is 0 Å². The fourth-order valence-corrected chi connectivity index (χ4v) is 3.01. The molecule has 0 spiro atoms. The van der Waals surface area contributed by atoms with Gasteiger partial charge in [-0.2, -0.15) is 0 Å². The van der Waals surface area contributed by atoms with Crippen molar-refractivity contribution >= 4 is 27.5 Å². The van der Waals surface area contributed by atoms with E-state index in [1.54, 1.807) is 0 Å². The topological polar surface area (TPSA) is 33.2 Å². The summed E-state index contributed by atoms with van der Waals surface area (Å²) in [5, 5.41) is 0. The van der Waals surface area contributed by atoms with Gasteiger partial charge in [0.25, 0.3) is 0 Å². The molecule has 3 rings (SSSR count). The number of anilines is 1. The summed E-state index contributed by atoms with van der Waals surface area (Å²) in [6, 6.07) is 12.3. The molecule has 20 heavy (non-hydrogen) atoms. The van der Waals surface area contributed by atoms with E-state index in [0.717, 1.165) is 18.7 Å².